The number of hydrogen-bond donors (Lipinski definition) is 0. The van der Waals surface area contributed by atoms with Crippen LogP contribution in [-0.4, -0.2) is 43.0 Å². The number of rotatable bonds is 9. The fourth-order valence-corrected chi connectivity index (χ4v) is 1.45. The Hall–Kier alpha value is -0.280. The summed E-state index contributed by atoms with van der Waals surface area (Å²) in [4.78, 5) is 13.4. The Balaban J connectivity index is 3.37. The molecule has 0 aliphatic rings. The van der Waals surface area contributed by atoms with Crippen LogP contribution in [-0.2, 0) is 9.53 Å². The summed E-state index contributed by atoms with van der Waals surface area (Å²) in [6, 6.07) is 0. The summed E-state index contributed by atoms with van der Waals surface area (Å²) in [5.41, 5.74) is 0. The van der Waals surface area contributed by atoms with Crippen molar-refractivity contribution in [3.8, 4) is 0 Å². The first kappa shape index (κ1) is 14.7. The lowest BCUT2D eigenvalue weighted by Gasteiger charge is -2.17. The summed E-state index contributed by atoms with van der Waals surface area (Å²) >= 11 is 5.51. The molecule has 0 N–H and O–H groups in total. The van der Waals surface area contributed by atoms with Crippen LogP contribution in [0.1, 0.15) is 33.1 Å². The summed E-state index contributed by atoms with van der Waals surface area (Å²) in [5, 5.41) is 0. The SMILES string of the molecule is CCN(CC)CCOC(=O)CCCCCl. The van der Waals surface area contributed by atoms with E-state index >= 15 is 0 Å². The molecule has 15 heavy (non-hydrogen) atoms. The molecular formula is C11H22ClNO2. The van der Waals surface area contributed by atoms with E-state index in [1.165, 1.54) is 0 Å². The van der Waals surface area contributed by atoms with Crippen molar-refractivity contribution in [2.75, 3.05) is 32.1 Å². The van der Waals surface area contributed by atoms with Crippen molar-refractivity contribution in [2.24, 2.45) is 0 Å². The summed E-state index contributed by atoms with van der Waals surface area (Å²) in [6.07, 6.45) is 2.20. The average Bonchev–Trinajstić information content (AvgIpc) is 2.25. The van der Waals surface area contributed by atoms with Crippen LogP contribution in [0.5, 0.6) is 0 Å². The third kappa shape index (κ3) is 8.70. The van der Waals surface area contributed by atoms with Gasteiger partial charge in [-0.3, -0.25) is 4.79 Å². The second-order valence-corrected chi connectivity index (χ2v) is 3.77. The van der Waals surface area contributed by atoms with E-state index in [2.05, 4.69) is 18.7 Å². The van der Waals surface area contributed by atoms with E-state index in [1.807, 2.05) is 0 Å². The third-order valence-electron chi connectivity index (χ3n) is 2.33. The van der Waals surface area contributed by atoms with Gasteiger partial charge < -0.3 is 9.64 Å². The van der Waals surface area contributed by atoms with Crippen LogP contribution in [0.3, 0.4) is 0 Å². The van der Waals surface area contributed by atoms with Gasteiger partial charge in [-0.1, -0.05) is 13.8 Å². The van der Waals surface area contributed by atoms with Gasteiger partial charge in [-0.15, -0.1) is 11.6 Å². The first-order valence-corrected chi connectivity index (χ1v) is 6.22. The van der Waals surface area contributed by atoms with Crippen molar-refractivity contribution in [1.29, 1.82) is 0 Å². The second-order valence-electron chi connectivity index (χ2n) is 3.39. The smallest absolute Gasteiger partial charge is 0.305 e. The molecule has 0 aromatic heterocycles. The number of nitrogens with zero attached hydrogens (tertiary/aromatic N) is 1. The van der Waals surface area contributed by atoms with Crippen LogP contribution in [0.15, 0.2) is 0 Å². The molecule has 0 bridgehead atoms. The molecule has 0 saturated heterocycles. The van der Waals surface area contributed by atoms with Crippen LogP contribution >= 0.6 is 11.6 Å². The molecule has 0 aromatic rings. The molecule has 0 fully saturated rings. The molecule has 90 valence electrons. The highest BCUT2D eigenvalue weighted by molar-refractivity contribution is 6.17. The predicted octanol–water partition coefficient (Wildman–Crippen LogP) is 2.28. The zero-order valence-corrected chi connectivity index (χ0v) is 10.6. The standard InChI is InChI=1S/C11H22ClNO2/c1-3-13(4-2)9-10-15-11(14)7-5-6-8-12/h3-10H2,1-2H3. The number of carbonyl (C=O) groups is 1. The van der Waals surface area contributed by atoms with Gasteiger partial charge in [0.15, 0.2) is 0 Å². The highest BCUT2D eigenvalue weighted by Gasteiger charge is 2.03. The molecule has 0 spiro atoms. The van der Waals surface area contributed by atoms with Crippen LogP contribution in [0.2, 0.25) is 0 Å². The largest absolute Gasteiger partial charge is 0.464 e. The molecule has 0 aromatic carbocycles. The predicted molar refractivity (Wildman–Crippen MR) is 63.3 cm³/mol. The minimum absolute atomic E-state index is 0.104. The number of hydrogen-bond acceptors (Lipinski definition) is 3. The Kier molecular flexibility index (Phi) is 10.1. The molecule has 0 radical (unpaired) electrons. The molecular weight excluding hydrogens is 214 g/mol. The monoisotopic (exact) mass is 235 g/mol. The van der Waals surface area contributed by atoms with Crippen molar-refractivity contribution in [3.63, 3.8) is 0 Å². The highest BCUT2D eigenvalue weighted by Crippen LogP contribution is 1.99. The molecule has 0 unspecified atom stereocenters. The Labute approximate surface area is 97.7 Å². The van der Waals surface area contributed by atoms with Crippen molar-refractivity contribution >= 4 is 17.6 Å². The molecule has 0 aliphatic carbocycles. The van der Waals surface area contributed by atoms with Crippen molar-refractivity contribution in [2.45, 2.75) is 33.1 Å². The maximum atomic E-state index is 11.2. The number of unbranched alkanes of at least 4 members (excludes halogenated alkanes) is 1. The summed E-state index contributed by atoms with van der Waals surface area (Å²) in [6.45, 7) is 7.54. The van der Waals surface area contributed by atoms with Crippen molar-refractivity contribution < 1.29 is 9.53 Å². The first-order chi connectivity index (χ1) is 7.24. The molecule has 4 heteroatoms. The van der Waals surface area contributed by atoms with E-state index < -0.39 is 0 Å². The fourth-order valence-electron chi connectivity index (χ4n) is 1.26. The van der Waals surface area contributed by atoms with Gasteiger partial charge in [0.25, 0.3) is 0 Å². The lowest BCUT2D eigenvalue weighted by atomic mass is 10.2. The zero-order chi connectivity index (χ0) is 11.5. The van der Waals surface area contributed by atoms with Crippen molar-refractivity contribution in [3.05, 3.63) is 0 Å². The van der Waals surface area contributed by atoms with Crippen LogP contribution in [0, 0.1) is 0 Å². The fraction of sp³-hybridized carbons (Fsp3) is 0.909. The summed E-state index contributed by atoms with van der Waals surface area (Å²) in [5.74, 6) is 0.513. The maximum absolute atomic E-state index is 11.2. The normalized spacial score (nSPS) is 10.7. The van der Waals surface area contributed by atoms with E-state index in [4.69, 9.17) is 16.3 Å². The lowest BCUT2D eigenvalue weighted by molar-refractivity contribution is -0.144. The van der Waals surface area contributed by atoms with Gasteiger partial charge in [-0.05, 0) is 25.9 Å². The van der Waals surface area contributed by atoms with E-state index in [1.54, 1.807) is 0 Å². The van der Waals surface area contributed by atoms with E-state index in [-0.39, 0.29) is 5.97 Å². The minimum Gasteiger partial charge on any atom is -0.464 e. The second kappa shape index (κ2) is 10.2. The van der Waals surface area contributed by atoms with Gasteiger partial charge in [-0.2, -0.15) is 0 Å². The molecule has 0 rings (SSSR count). The Morgan fingerprint density at radius 3 is 2.47 bits per heavy atom. The average molecular weight is 236 g/mol. The number of likely N-dealkylation sites (N-methyl/N-ethyl adjacent to an activating group) is 1. The molecule has 0 atom stereocenters. The van der Waals surface area contributed by atoms with Gasteiger partial charge >= 0.3 is 5.97 Å². The maximum Gasteiger partial charge on any atom is 0.305 e. The van der Waals surface area contributed by atoms with Gasteiger partial charge in [0.1, 0.15) is 6.61 Å². The van der Waals surface area contributed by atoms with Crippen molar-refractivity contribution in [1.82, 2.24) is 4.90 Å². The van der Waals surface area contributed by atoms with E-state index in [9.17, 15) is 4.79 Å². The van der Waals surface area contributed by atoms with Crippen LogP contribution in [0.4, 0.5) is 0 Å². The topological polar surface area (TPSA) is 29.5 Å². The van der Waals surface area contributed by atoms with E-state index in [0.29, 0.717) is 18.9 Å². The lowest BCUT2D eigenvalue weighted by Crippen LogP contribution is -2.27. The Morgan fingerprint density at radius 1 is 1.27 bits per heavy atom. The number of carbonyl (C=O) groups excluding carboxylic acids is 1. The van der Waals surface area contributed by atoms with Crippen LogP contribution in [0.25, 0.3) is 0 Å². The molecule has 0 saturated carbocycles. The number of esters is 1. The quantitative estimate of drug-likeness (QED) is 0.349. The van der Waals surface area contributed by atoms with Gasteiger partial charge in [0.2, 0.25) is 0 Å². The Bertz CT molecular complexity index is 161. The molecule has 0 amide bonds. The van der Waals surface area contributed by atoms with Gasteiger partial charge in [0.05, 0.1) is 0 Å². The van der Waals surface area contributed by atoms with E-state index in [0.717, 1.165) is 32.5 Å². The third-order valence-corrected chi connectivity index (χ3v) is 2.60. The van der Waals surface area contributed by atoms with Crippen LogP contribution < -0.4 is 0 Å². The number of alkyl halides is 1. The minimum atomic E-state index is -0.104. The number of halogens is 1. The Morgan fingerprint density at radius 2 is 1.93 bits per heavy atom. The zero-order valence-electron chi connectivity index (χ0n) is 9.80. The van der Waals surface area contributed by atoms with Gasteiger partial charge in [0, 0.05) is 18.8 Å². The summed E-state index contributed by atoms with van der Waals surface area (Å²) < 4.78 is 5.10. The molecule has 3 nitrogen and oxygen atoms in total. The first-order valence-electron chi connectivity index (χ1n) is 5.68. The number of ether oxygens (including phenoxy) is 1. The summed E-state index contributed by atoms with van der Waals surface area (Å²) in [7, 11) is 0. The van der Waals surface area contributed by atoms with Gasteiger partial charge in [-0.25, -0.2) is 0 Å². The molecule has 0 aliphatic heterocycles. The highest BCUT2D eigenvalue weighted by atomic mass is 35.5. The molecule has 0 heterocycles.